The normalized spacial score (nSPS) is 18.7. The van der Waals surface area contributed by atoms with Gasteiger partial charge in [0.1, 0.15) is 6.04 Å². The molecule has 0 heterocycles. The highest BCUT2D eigenvalue weighted by Crippen LogP contribution is 2.21. The molecule has 0 saturated heterocycles. The van der Waals surface area contributed by atoms with Gasteiger partial charge in [-0.2, -0.15) is 0 Å². The van der Waals surface area contributed by atoms with E-state index in [1.54, 1.807) is 6.92 Å². The number of carbonyl (C=O) groups is 1. The number of hydrogen-bond acceptors (Lipinski definition) is 4. The van der Waals surface area contributed by atoms with Gasteiger partial charge in [0, 0.05) is 6.61 Å². The Morgan fingerprint density at radius 1 is 1.57 bits per heavy atom. The molecule has 1 aliphatic carbocycles. The quantitative estimate of drug-likeness (QED) is 0.647. The van der Waals surface area contributed by atoms with Crippen LogP contribution in [0.1, 0.15) is 32.6 Å². The van der Waals surface area contributed by atoms with E-state index in [0.717, 1.165) is 12.8 Å². The van der Waals surface area contributed by atoms with Gasteiger partial charge < -0.3 is 15.2 Å². The molecule has 4 heteroatoms. The molecule has 0 bridgehead atoms. The Balaban J connectivity index is 2.01. The SMILES string of the molecule is CCOC(=O)C(N)CCOC1CCC1. The van der Waals surface area contributed by atoms with Crippen LogP contribution in [-0.2, 0) is 14.3 Å². The van der Waals surface area contributed by atoms with Crippen molar-refractivity contribution >= 4 is 5.97 Å². The van der Waals surface area contributed by atoms with Crippen molar-refractivity contribution in [2.75, 3.05) is 13.2 Å². The van der Waals surface area contributed by atoms with Crippen molar-refractivity contribution < 1.29 is 14.3 Å². The lowest BCUT2D eigenvalue weighted by Crippen LogP contribution is -2.34. The van der Waals surface area contributed by atoms with Crippen LogP contribution in [0.5, 0.6) is 0 Å². The second kappa shape index (κ2) is 5.98. The summed E-state index contributed by atoms with van der Waals surface area (Å²) < 4.78 is 10.3. The van der Waals surface area contributed by atoms with E-state index in [4.69, 9.17) is 15.2 Å². The Morgan fingerprint density at radius 3 is 2.79 bits per heavy atom. The third-order valence-electron chi connectivity index (χ3n) is 2.42. The summed E-state index contributed by atoms with van der Waals surface area (Å²) in [7, 11) is 0. The molecule has 1 saturated carbocycles. The second-order valence-electron chi connectivity index (χ2n) is 3.57. The lowest BCUT2D eigenvalue weighted by molar-refractivity contribution is -0.145. The van der Waals surface area contributed by atoms with E-state index in [0.29, 0.717) is 25.7 Å². The molecule has 0 aromatic heterocycles. The smallest absolute Gasteiger partial charge is 0.322 e. The van der Waals surface area contributed by atoms with E-state index in [1.807, 2.05) is 0 Å². The number of hydrogen-bond donors (Lipinski definition) is 1. The topological polar surface area (TPSA) is 61.5 Å². The van der Waals surface area contributed by atoms with Crippen LogP contribution in [-0.4, -0.2) is 31.3 Å². The molecule has 4 nitrogen and oxygen atoms in total. The predicted molar refractivity (Wildman–Crippen MR) is 52.8 cm³/mol. The van der Waals surface area contributed by atoms with Gasteiger partial charge in [0.2, 0.25) is 0 Å². The van der Waals surface area contributed by atoms with Crippen molar-refractivity contribution in [1.29, 1.82) is 0 Å². The van der Waals surface area contributed by atoms with Crippen molar-refractivity contribution in [3.63, 3.8) is 0 Å². The third kappa shape index (κ3) is 3.64. The molecule has 1 aliphatic rings. The van der Waals surface area contributed by atoms with Crippen LogP contribution < -0.4 is 5.73 Å². The molecule has 0 aromatic carbocycles. The molecule has 1 atom stereocenters. The lowest BCUT2D eigenvalue weighted by atomic mass is 9.96. The van der Waals surface area contributed by atoms with Crippen LogP contribution in [0.2, 0.25) is 0 Å². The van der Waals surface area contributed by atoms with E-state index < -0.39 is 6.04 Å². The van der Waals surface area contributed by atoms with Gasteiger partial charge in [-0.05, 0) is 32.6 Å². The molecule has 82 valence electrons. The molecule has 2 N–H and O–H groups in total. The average Bonchev–Trinajstić information content (AvgIpc) is 2.09. The van der Waals surface area contributed by atoms with E-state index in [1.165, 1.54) is 6.42 Å². The molecule has 1 unspecified atom stereocenters. The highest BCUT2D eigenvalue weighted by atomic mass is 16.5. The second-order valence-corrected chi connectivity index (χ2v) is 3.57. The maximum absolute atomic E-state index is 11.1. The number of rotatable bonds is 6. The van der Waals surface area contributed by atoms with Crippen LogP contribution in [0.15, 0.2) is 0 Å². The minimum Gasteiger partial charge on any atom is -0.465 e. The van der Waals surface area contributed by atoms with Gasteiger partial charge in [0.15, 0.2) is 0 Å². The van der Waals surface area contributed by atoms with Crippen LogP contribution in [0.4, 0.5) is 0 Å². The van der Waals surface area contributed by atoms with E-state index >= 15 is 0 Å². The fourth-order valence-electron chi connectivity index (χ4n) is 1.27. The largest absolute Gasteiger partial charge is 0.465 e. The molecule has 1 rings (SSSR count). The zero-order valence-corrected chi connectivity index (χ0v) is 8.70. The molecule has 0 spiro atoms. The first-order valence-corrected chi connectivity index (χ1v) is 5.28. The fourth-order valence-corrected chi connectivity index (χ4v) is 1.27. The van der Waals surface area contributed by atoms with Crippen LogP contribution in [0.25, 0.3) is 0 Å². The van der Waals surface area contributed by atoms with Crippen molar-refractivity contribution in [1.82, 2.24) is 0 Å². The zero-order chi connectivity index (χ0) is 10.4. The predicted octanol–water partition coefficient (Wildman–Crippen LogP) is 0.836. The van der Waals surface area contributed by atoms with Gasteiger partial charge in [-0.25, -0.2) is 0 Å². The van der Waals surface area contributed by atoms with E-state index in [2.05, 4.69) is 0 Å². The lowest BCUT2D eigenvalue weighted by Gasteiger charge is -2.25. The number of esters is 1. The number of carbonyl (C=O) groups excluding carboxylic acids is 1. The van der Waals surface area contributed by atoms with Crippen LogP contribution >= 0.6 is 0 Å². The third-order valence-corrected chi connectivity index (χ3v) is 2.42. The number of nitrogens with two attached hydrogens (primary N) is 1. The van der Waals surface area contributed by atoms with Gasteiger partial charge in [0.25, 0.3) is 0 Å². The highest BCUT2D eigenvalue weighted by molar-refractivity contribution is 5.75. The molecular weight excluding hydrogens is 182 g/mol. The van der Waals surface area contributed by atoms with Crippen molar-refractivity contribution in [3.05, 3.63) is 0 Å². The first-order valence-electron chi connectivity index (χ1n) is 5.28. The minimum atomic E-state index is -0.532. The summed E-state index contributed by atoms with van der Waals surface area (Å²) in [6.45, 7) is 2.72. The summed E-state index contributed by atoms with van der Waals surface area (Å²) >= 11 is 0. The molecule has 1 fully saturated rings. The summed E-state index contributed by atoms with van der Waals surface area (Å²) in [6, 6.07) is -0.532. The minimum absolute atomic E-state index is 0.329. The number of ether oxygens (including phenoxy) is 2. The summed E-state index contributed by atoms with van der Waals surface area (Å²) in [5.74, 6) is -0.329. The monoisotopic (exact) mass is 201 g/mol. The Labute approximate surface area is 84.7 Å². The molecule has 0 aromatic rings. The molecule has 0 amide bonds. The zero-order valence-electron chi connectivity index (χ0n) is 8.70. The summed E-state index contributed by atoms with van der Waals surface area (Å²) in [4.78, 5) is 11.1. The van der Waals surface area contributed by atoms with Gasteiger partial charge in [-0.3, -0.25) is 4.79 Å². The molecular formula is C10H19NO3. The standard InChI is InChI=1S/C10H19NO3/c1-2-13-10(12)9(11)6-7-14-8-4-3-5-8/h8-9H,2-7,11H2,1H3. The Bertz CT molecular complexity index is 180. The average molecular weight is 201 g/mol. The molecule has 0 radical (unpaired) electrons. The summed E-state index contributed by atoms with van der Waals surface area (Å²) in [5.41, 5.74) is 5.59. The van der Waals surface area contributed by atoms with Crippen molar-refractivity contribution in [2.24, 2.45) is 5.73 Å². The first-order chi connectivity index (χ1) is 6.74. The first kappa shape index (κ1) is 11.5. The maximum atomic E-state index is 11.1. The van der Waals surface area contributed by atoms with Crippen LogP contribution in [0, 0.1) is 0 Å². The Hall–Kier alpha value is -0.610. The van der Waals surface area contributed by atoms with Gasteiger partial charge in [-0.1, -0.05) is 0 Å². The van der Waals surface area contributed by atoms with Crippen molar-refractivity contribution in [3.8, 4) is 0 Å². The van der Waals surface area contributed by atoms with Gasteiger partial charge in [-0.15, -0.1) is 0 Å². The fraction of sp³-hybridized carbons (Fsp3) is 0.900. The summed E-state index contributed by atoms with van der Waals surface area (Å²) in [6.07, 6.45) is 4.51. The van der Waals surface area contributed by atoms with E-state index in [-0.39, 0.29) is 5.97 Å². The van der Waals surface area contributed by atoms with Crippen LogP contribution in [0.3, 0.4) is 0 Å². The summed E-state index contributed by atoms with van der Waals surface area (Å²) in [5, 5.41) is 0. The molecule has 0 aliphatic heterocycles. The maximum Gasteiger partial charge on any atom is 0.322 e. The van der Waals surface area contributed by atoms with E-state index in [9.17, 15) is 4.79 Å². The van der Waals surface area contributed by atoms with Crippen molar-refractivity contribution in [2.45, 2.75) is 44.8 Å². The molecule has 14 heavy (non-hydrogen) atoms. The highest BCUT2D eigenvalue weighted by Gasteiger charge is 2.19. The Kier molecular flexibility index (Phi) is 4.90. The van der Waals surface area contributed by atoms with Gasteiger partial charge in [0.05, 0.1) is 12.7 Å². The van der Waals surface area contributed by atoms with Gasteiger partial charge >= 0.3 is 5.97 Å². The Morgan fingerprint density at radius 2 is 2.29 bits per heavy atom.